The van der Waals surface area contributed by atoms with Crippen LogP contribution in [0.4, 0.5) is 0 Å². The summed E-state index contributed by atoms with van der Waals surface area (Å²) in [5, 5.41) is 11.3. The maximum absolute atomic E-state index is 12.2. The van der Waals surface area contributed by atoms with Gasteiger partial charge < -0.3 is 0 Å². The normalized spacial score (nSPS) is 13.1. The van der Waals surface area contributed by atoms with Crippen LogP contribution in [-0.2, 0) is 16.6 Å². The van der Waals surface area contributed by atoms with E-state index in [-0.39, 0.29) is 0 Å². The number of nitrogens with zero attached hydrogens (tertiary/aromatic N) is 1. The van der Waals surface area contributed by atoms with Crippen LogP contribution >= 0.6 is 0 Å². The minimum absolute atomic E-state index is 0.394. The Hall–Kier alpha value is -1.66. The molecule has 0 saturated heterocycles. The molecule has 0 aromatic heterocycles. The third-order valence-electron chi connectivity index (χ3n) is 3.45. The number of rotatable bonds is 5. The zero-order chi connectivity index (χ0) is 14.6. The lowest BCUT2D eigenvalue weighted by molar-refractivity contribution is 0.479. The second kappa shape index (κ2) is 6.19. The van der Waals surface area contributed by atoms with Gasteiger partial charge >= 0.3 is 0 Å². The average Bonchev–Trinajstić information content (AvgIpc) is 2.46. The largest absolute Gasteiger partial charge is 0.259 e. The monoisotopic (exact) mass is 285 g/mol. The Morgan fingerprint density at radius 3 is 2.60 bits per heavy atom. The first-order chi connectivity index (χ1) is 9.52. The zero-order valence-electron chi connectivity index (χ0n) is 11.9. The van der Waals surface area contributed by atoms with Crippen molar-refractivity contribution >= 4 is 21.6 Å². The predicted octanol–water partition coefficient (Wildman–Crippen LogP) is 4.03. The average molecular weight is 285 g/mol. The standard InChI is InChI=1S/C17H19NOS/c1-17(2,13-18)10-11-20(19)12-15-8-5-7-14-6-3-4-9-16(14)15/h3-9H,10-12H2,1-2H3/t20-/m1/s1. The summed E-state index contributed by atoms with van der Waals surface area (Å²) in [6, 6.07) is 16.5. The smallest absolute Gasteiger partial charge is 0.0684 e. The van der Waals surface area contributed by atoms with Crippen molar-refractivity contribution < 1.29 is 4.21 Å². The van der Waals surface area contributed by atoms with Gasteiger partial charge in [0.1, 0.15) is 0 Å². The van der Waals surface area contributed by atoms with E-state index in [1.165, 1.54) is 10.8 Å². The molecule has 0 spiro atoms. The van der Waals surface area contributed by atoms with E-state index >= 15 is 0 Å². The molecular weight excluding hydrogens is 266 g/mol. The molecule has 0 unspecified atom stereocenters. The lowest BCUT2D eigenvalue weighted by Crippen LogP contribution is -2.13. The van der Waals surface area contributed by atoms with E-state index in [9.17, 15) is 4.21 Å². The molecule has 2 rings (SSSR count). The Kier molecular flexibility index (Phi) is 4.57. The summed E-state index contributed by atoms with van der Waals surface area (Å²) in [5.41, 5.74) is 0.727. The van der Waals surface area contributed by atoms with E-state index in [2.05, 4.69) is 24.3 Å². The van der Waals surface area contributed by atoms with Crippen molar-refractivity contribution in [1.29, 1.82) is 5.26 Å². The first kappa shape index (κ1) is 14.7. The molecule has 0 heterocycles. The number of benzene rings is 2. The zero-order valence-corrected chi connectivity index (χ0v) is 12.7. The maximum atomic E-state index is 12.2. The van der Waals surface area contributed by atoms with Gasteiger partial charge in [0, 0.05) is 22.3 Å². The lowest BCUT2D eigenvalue weighted by atomic mass is 9.93. The van der Waals surface area contributed by atoms with Crippen LogP contribution in [0.5, 0.6) is 0 Å². The first-order valence-electron chi connectivity index (χ1n) is 6.75. The van der Waals surface area contributed by atoms with E-state index in [4.69, 9.17) is 5.26 Å². The van der Waals surface area contributed by atoms with Crippen LogP contribution < -0.4 is 0 Å². The fourth-order valence-corrected chi connectivity index (χ4v) is 3.57. The summed E-state index contributed by atoms with van der Waals surface area (Å²) in [7, 11) is -0.926. The highest BCUT2D eigenvalue weighted by Crippen LogP contribution is 2.22. The van der Waals surface area contributed by atoms with Crippen molar-refractivity contribution in [3.63, 3.8) is 0 Å². The third kappa shape index (κ3) is 3.68. The molecule has 0 radical (unpaired) electrons. The van der Waals surface area contributed by atoms with Crippen LogP contribution in [0.3, 0.4) is 0 Å². The Morgan fingerprint density at radius 2 is 1.85 bits per heavy atom. The molecule has 0 bridgehead atoms. The van der Waals surface area contributed by atoms with Crippen LogP contribution in [0.1, 0.15) is 25.8 Å². The number of nitriles is 1. The Bertz CT molecular complexity index is 665. The highest BCUT2D eigenvalue weighted by Gasteiger charge is 2.18. The molecule has 104 valence electrons. The first-order valence-corrected chi connectivity index (χ1v) is 8.23. The molecule has 2 aromatic rings. The van der Waals surface area contributed by atoms with Gasteiger partial charge in [-0.25, -0.2) is 0 Å². The molecule has 20 heavy (non-hydrogen) atoms. The number of hydrogen-bond acceptors (Lipinski definition) is 2. The lowest BCUT2D eigenvalue weighted by Gasteiger charge is -2.14. The second-order valence-corrected chi connectivity index (χ2v) is 7.25. The highest BCUT2D eigenvalue weighted by molar-refractivity contribution is 7.84. The minimum Gasteiger partial charge on any atom is -0.259 e. The molecule has 2 aromatic carbocycles. The minimum atomic E-state index is -0.926. The number of fused-ring (bicyclic) bond motifs is 1. The molecular formula is C17H19NOS. The van der Waals surface area contributed by atoms with Crippen molar-refractivity contribution in [2.24, 2.45) is 5.41 Å². The number of hydrogen-bond donors (Lipinski definition) is 0. The van der Waals surface area contributed by atoms with Gasteiger partial charge in [-0.15, -0.1) is 0 Å². The van der Waals surface area contributed by atoms with Gasteiger partial charge in [-0.2, -0.15) is 5.26 Å². The SMILES string of the molecule is CC(C)(C#N)CC[S@@](=O)Cc1cccc2ccccc12. The van der Waals surface area contributed by atoms with Crippen molar-refractivity contribution in [3.05, 3.63) is 48.0 Å². The molecule has 0 N–H and O–H groups in total. The van der Waals surface area contributed by atoms with Crippen molar-refractivity contribution in [2.75, 3.05) is 5.75 Å². The summed E-state index contributed by atoms with van der Waals surface area (Å²) >= 11 is 0. The van der Waals surface area contributed by atoms with Crippen LogP contribution in [0.25, 0.3) is 10.8 Å². The van der Waals surface area contributed by atoms with Gasteiger partial charge in [0.15, 0.2) is 0 Å². The summed E-state index contributed by atoms with van der Waals surface area (Å²) in [4.78, 5) is 0. The summed E-state index contributed by atoms with van der Waals surface area (Å²) in [6.45, 7) is 3.78. The van der Waals surface area contributed by atoms with Crippen LogP contribution in [0.15, 0.2) is 42.5 Å². The Balaban J connectivity index is 2.09. The summed E-state index contributed by atoms with van der Waals surface area (Å²) in [5.74, 6) is 1.13. The van der Waals surface area contributed by atoms with Crippen molar-refractivity contribution in [2.45, 2.75) is 26.0 Å². The quantitative estimate of drug-likeness (QED) is 0.832. The molecule has 0 aliphatic rings. The van der Waals surface area contributed by atoms with Crippen molar-refractivity contribution in [1.82, 2.24) is 0 Å². The fourth-order valence-electron chi connectivity index (χ4n) is 2.09. The van der Waals surface area contributed by atoms with Gasteiger partial charge in [0.25, 0.3) is 0 Å². The molecule has 2 nitrogen and oxygen atoms in total. The van der Waals surface area contributed by atoms with Crippen molar-refractivity contribution in [3.8, 4) is 6.07 Å². The van der Waals surface area contributed by atoms with Gasteiger partial charge in [-0.05, 0) is 36.6 Å². The molecule has 0 aliphatic heterocycles. The highest BCUT2D eigenvalue weighted by atomic mass is 32.2. The van der Waals surface area contributed by atoms with Crippen LogP contribution in [0, 0.1) is 16.7 Å². The predicted molar refractivity (Wildman–Crippen MR) is 84.7 cm³/mol. The molecule has 1 atom stereocenters. The van der Waals surface area contributed by atoms with Gasteiger partial charge in [-0.3, -0.25) is 4.21 Å². The topological polar surface area (TPSA) is 40.9 Å². The van der Waals surface area contributed by atoms with E-state index in [1.807, 2.05) is 38.1 Å². The molecule has 0 amide bonds. The molecule has 0 aliphatic carbocycles. The third-order valence-corrected chi connectivity index (χ3v) is 4.75. The van der Waals surface area contributed by atoms with Gasteiger partial charge in [0.2, 0.25) is 0 Å². The van der Waals surface area contributed by atoms with Crippen LogP contribution in [0.2, 0.25) is 0 Å². The molecule has 0 fully saturated rings. The van der Waals surface area contributed by atoms with E-state index in [1.54, 1.807) is 0 Å². The molecule has 0 saturated carbocycles. The molecule has 3 heteroatoms. The summed E-state index contributed by atoms with van der Waals surface area (Å²) in [6.07, 6.45) is 0.668. The van der Waals surface area contributed by atoms with Gasteiger partial charge in [0.05, 0.1) is 11.5 Å². The maximum Gasteiger partial charge on any atom is 0.0684 e. The van der Waals surface area contributed by atoms with E-state index in [0.29, 0.717) is 17.9 Å². The van der Waals surface area contributed by atoms with Crippen LogP contribution in [-0.4, -0.2) is 9.96 Å². The fraction of sp³-hybridized carbons (Fsp3) is 0.353. The Morgan fingerprint density at radius 1 is 1.15 bits per heavy atom. The Labute approximate surface area is 122 Å². The second-order valence-electron chi connectivity index (χ2n) is 5.67. The van der Waals surface area contributed by atoms with E-state index < -0.39 is 16.2 Å². The van der Waals surface area contributed by atoms with Gasteiger partial charge in [-0.1, -0.05) is 42.5 Å². The van der Waals surface area contributed by atoms with E-state index in [0.717, 1.165) is 5.56 Å². The summed E-state index contributed by atoms with van der Waals surface area (Å²) < 4.78 is 12.2.